The zero-order valence-corrected chi connectivity index (χ0v) is 19.1. The van der Waals surface area contributed by atoms with E-state index >= 15 is 0 Å². The van der Waals surface area contributed by atoms with E-state index in [4.69, 9.17) is 4.98 Å². The summed E-state index contributed by atoms with van der Waals surface area (Å²) in [6, 6.07) is 2.58. The highest BCUT2D eigenvalue weighted by molar-refractivity contribution is 6.20. The molecule has 5 rings (SSSR count). The number of imide groups is 2. The monoisotopic (exact) mass is 451 g/mol. The number of unbranched alkanes of at least 4 members (excludes halogenated alkanes) is 1. The Balaban J connectivity index is 1.74. The number of carbonyl (C=O) groups is 3. The van der Waals surface area contributed by atoms with Crippen LogP contribution in [0.5, 0.6) is 0 Å². The summed E-state index contributed by atoms with van der Waals surface area (Å²) in [4.78, 5) is 61.7. The van der Waals surface area contributed by atoms with E-state index in [1.807, 2.05) is 24.8 Å². The number of barbiturate groups is 1. The lowest BCUT2D eigenvalue weighted by Crippen LogP contribution is -2.72. The van der Waals surface area contributed by atoms with Crippen LogP contribution >= 0.6 is 0 Å². The number of aromatic nitrogens is 2. The highest BCUT2D eigenvalue weighted by atomic mass is 16.2. The summed E-state index contributed by atoms with van der Waals surface area (Å²) in [7, 11) is 0. The minimum Gasteiger partial charge on any atom is -0.352 e. The molecule has 0 bridgehead atoms. The molecular weight excluding hydrogens is 422 g/mol. The topological polar surface area (TPSA) is 104 Å². The first-order chi connectivity index (χ1) is 15.9. The van der Waals surface area contributed by atoms with Gasteiger partial charge in [0.15, 0.2) is 5.41 Å². The maximum atomic E-state index is 13.9. The second-order valence-electron chi connectivity index (χ2n) is 9.38. The van der Waals surface area contributed by atoms with E-state index in [0.29, 0.717) is 36.4 Å². The number of pyridine rings is 1. The molecule has 4 amide bonds. The second-order valence-corrected chi connectivity index (χ2v) is 9.38. The highest BCUT2D eigenvalue weighted by Crippen LogP contribution is 2.45. The summed E-state index contributed by atoms with van der Waals surface area (Å²) in [5.74, 6) is -0.507. The maximum Gasteiger partial charge on any atom is 0.330 e. The van der Waals surface area contributed by atoms with E-state index in [1.165, 1.54) is 9.30 Å². The summed E-state index contributed by atoms with van der Waals surface area (Å²) in [5.41, 5.74) is 0.0481. The Bertz CT molecular complexity index is 1220. The molecule has 9 heteroatoms. The van der Waals surface area contributed by atoms with Gasteiger partial charge in [0.1, 0.15) is 11.5 Å². The Hall–Kier alpha value is -3.23. The van der Waals surface area contributed by atoms with Crippen LogP contribution in [0.25, 0.3) is 5.65 Å². The van der Waals surface area contributed by atoms with Gasteiger partial charge in [-0.05, 0) is 37.8 Å². The van der Waals surface area contributed by atoms with Crippen LogP contribution in [0.4, 0.5) is 10.6 Å². The van der Waals surface area contributed by atoms with Crippen molar-refractivity contribution in [2.75, 3.05) is 18.0 Å². The van der Waals surface area contributed by atoms with Crippen LogP contribution in [0.3, 0.4) is 0 Å². The molecule has 1 N–H and O–H groups in total. The standard InChI is InChI=1S/C24H29N5O4/c1-3-4-11-29-22(32)24(21(31)26-23(29)33)14-16-19(27-12-7-5-6-10-17(24)27)25-18-15(2)9-8-13-28(18)20(16)30/h8-9,13,17H,3-7,10-12,14H2,1-2H3,(H,26,31,33)/t17-,24-/m0/s1. The van der Waals surface area contributed by atoms with E-state index in [2.05, 4.69) is 5.32 Å². The van der Waals surface area contributed by atoms with Crippen LogP contribution in [-0.4, -0.2) is 51.3 Å². The molecule has 2 atom stereocenters. The number of rotatable bonds is 3. The molecule has 33 heavy (non-hydrogen) atoms. The van der Waals surface area contributed by atoms with Crippen molar-refractivity contribution in [1.82, 2.24) is 19.6 Å². The molecule has 1 spiro atoms. The first-order valence-electron chi connectivity index (χ1n) is 11.8. The highest BCUT2D eigenvalue weighted by Gasteiger charge is 2.62. The summed E-state index contributed by atoms with van der Waals surface area (Å²) in [5, 5.41) is 2.45. The average molecular weight is 452 g/mol. The third-order valence-corrected chi connectivity index (χ3v) is 7.40. The normalized spacial score (nSPS) is 25.2. The fourth-order valence-electron chi connectivity index (χ4n) is 5.66. The van der Waals surface area contributed by atoms with Gasteiger partial charge in [-0.25, -0.2) is 9.78 Å². The minimum atomic E-state index is -1.52. The summed E-state index contributed by atoms with van der Waals surface area (Å²) in [6.07, 6.45) is 6.44. The predicted octanol–water partition coefficient (Wildman–Crippen LogP) is 2.17. The fraction of sp³-hybridized carbons (Fsp3) is 0.542. The molecule has 0 aliphatic carbocycles. The Labute approximate surface area is 191 Å². The van der Waals surface area contributed by atoms with Gasteiger partial charge in [-0.3, -0.25) is 29.0 Å². The molecule has 0 saturated carbocycles. The van der Waals surface area contributed by atoms with Gasteiger partial charge in [0.05, 0.1) is 11.6 Å². The number of fused-ring (bicyclic) bond motifs is 5. The number of nitrogens with one attached hydrogen (secondary N) is 1. The fourth-order valence-corrected chi connectivity index (χ4v) is 5.66. The van der Waals surface area contributed by atoms with Crippen molar-refractivity contribution >= 4 is 29.3 Å². The third kappa shape index (κ3) is 3.08. The van der Waals surface area contributed by atoms with E-state index in [-0.39, 0.29) is 18.5 Å². The third-order valence-electron chi connectivity index (χ3n) is 7.40. The number of carbonyl (C=O) groups excluding carboxylic acids is 3. The van der Waals surface area contributed by atoms with E-state index in [9.17, 15) is 19.2 Å². The van der Waals surface area contributed by atoms with Crippen LogP contribution in [-0.2, 0) is 16.0 Å². The van der Waals surface area contributed by atoms with Crippen molar-refractivity contribution in [3.05, 3.63) is 39.8 Å². The molecule has 3 aliphatic heterocycles. The van der Waals surface area contributed by atoms with Crippen LogP contribution < -0.4 is 15.8 Å². The molecule has 0 unspecified atom stereocenters. The minimum absolute atomic E-state index is 0.0488. The number of nitrogens with zero attached hydrogens (tertiary/aromatic N) is 4. The molecule has 0 aromatic carbocycles. The van der Waals surface area contributed by atoms with Gasteiger partial charge in [0.2, 0.25) is 11.8 Å². The van der Waals surface area contributed by atoms with Gasteiger partial charge in [-0.1, -0.05) is 32.3 Å². The van der Waals surface area contributed by atoms with Gasteiger partial charge >= 0.3 is 6.03 Å². The predicted molar refractivity (Wildman–Crippen MR) is 122 cm³/mol. The van der Waals surface area contributed by atoms with Gasteiger partial charge in [-0.15, -0.1) is 0 Å². The van der Waals surface area contributed by atoms with Crippen molar-refractivity contribution in [2.45, 2.75) is 64.8 Å². The Morgan fingerprint density at radius 2 is 2.00 bits per heavy atom. The zero-order valence-electron chi connectivity index (χ0n) is 19.1. The molecule has 3 aliphatic rings. The van der Waals surface area contributed by atoms with Crippen molar-refractivity contribution in [2.24, 2.45) is 5.41 Å². The number of hydrogen-bond donors (Lipinski definition) is 1. The van der Waals surface area contributed by atoms with Crippen LogP contribution in [0.2, 0.25) is 0 Å². The quantitative estimate of drug-likeness (QED) is 0.718. The van der Waals surface area contributed by atoms with E-state index < -0.39 is 29.3 Å². The lowest BCUT2D eigenvalue weighted by Gasteiger charge is -2.50. The molecule has 2 aromatic heterocycles. The lowest BCUT2D eigenvalue weighted by molar-refractivity contribution is -0.153. The molecule has 2 fully saturated rings. The van der Waals surface area contributed by atoms with Crippen molar-refractivity contribution in [3.63, 3.8) is 0 Å². The van der Waals surface area contributed by atoms with Gasteiger partial charge in [-0.2, -0.15) is 0 Å². The molecule has 2 saturated heterocycles. The van der Waals surface area contributed by atoms with Crippen molar-refractivity contribution in [1.29, 1.82) is 0 Å². The van der Waals surface area contributed by atoms with Gasteiger partial charge in [0, 0.05) is 25.7 Å². The number of anilines is 1. The van der Waals surface area contributed by atoms with Crippen molar-refractivity contribution < 1.29 is 14.4 Å². The number of amides is 4. The molecule has 174 valence electrons. The molecule has 0 radical (unpaired) electrons. The molecule has 5 heterocycles. The van der Waals surface area contributed by atoms with Crippen molar-refractivity contribution in [3.8, 4) is 0 Å². The largest absolute Gasteiger partial charge is 0.352 e. The van der Waals surface area contributed by atoms with E-state index in [0.717, 1.165) is 31.2 Å². The van der Waals surface area contributed by atoms with Gasteiger partial charge in [0.25, 0.3) is 5.56 Å². The first kappa shape index (κ1) is 21.6. The maximum absolute atomic E-state index is 13.9. The molecular formula is C24H29N5O4. The van der Waals surface area contributed by atoms with Crippen LogP contribution in [0.15, 0.2) is 23.1 Å². The smallest absolute Gasteiger partial charge is 0.330 e. The Morgan fingerprint density at radius 1 is 1.18 bits per heavy atom. The average Bonchev–Trinajstić information content (AvgIpc) is 3.05. The number of urea groups is 1. The number of aryl methyl sites for hydroxylation is 1. The lowest BCUT2D eigenvalue weighted by atomic mass is 9.68. The molecule has 9 nitrogen and oxygen atoms in total. The summed E-state index contributed by atoms with van der Waals surface area (Å²) in [6.45, 7) is 4.76. The second kappa shape index (κ2) is 7.97. The van der Waals surface area contributed by atoms with E-state index in [1.54, 1.807) is 12.3 Å². The summed E-state index contributed by atoms with van der Waals surface area (Å²) < 4.78 is 1.49. The summed E-state index contributed by atoms with van der Waals surface area (Å²) >= 11 is 0. The number of hydrogen-bond acceptors (Lipinski definition) is 6. The Morgan fingerprint density at radius 3 is 2.79 bits per heavy atom. The van der Waals surface area contributed by atoms with Gasteiger partial charge < -0.3 is 4.90 Å². The first-order valence-corrected chi connectivity index (χ1v) is 11.8. The van der Waals surface area contributed by atoms with Crippen LogP contribution in [0, 0.1) is 12.3 Å². The zero-order chi connectivity index (χ0) is 23.3. The Kier molecular flexibility index (Phi) is 5.22. The SMILES string of the molecule is CCCCN1C(=O)NC(=O)[C@@]2(Cc3c(nc4c(C)cccn4c3=O)N3CCCCC[C@H]32)C1=O. The molecule has 2 aromatic rings. The van der Waals surface area contributed by atoms with Crippen LogP contribution in [0.1, 0.15) is 56.6 Å².